The lowest BCUT2D eigenvalue weighted by atomic mass is 9.96. The average Bonchev–Trinajstić information content (AvgIpc) is 2.59. The summed E-state index contributed by atoms with van der Waals surface area (Å²) in [7, 11) is -3.19. The molecular weight excluding hydrogens is 340 g/mol. The molecule has 7 heteroatoms. The molecule has 1 aromatic rings. The van der Waals surface area contributed by atoms with Crippen LogP contribution in [0.3, 0.4) is 0 Å². The molecule has 1 fully saturated rings. The maximum atomic E-state index is 11.8. The first-order chi connectivity index (χ1) is 11.9. The van der Waals surface area contributed by atoms with Crippen molar-refractivity contribution in [3.63, 3.8) is 0 Å². The van der Waals surface area contributed by atoms with Gasteiger partial charge in [0.2, 0.25) is 5.91 Å². The van der Waals surface area contributed by atoms with Crippen LogP contribution >= 0.6 is 0 Å². The Hall–Kier alpha value is -1.60. The molecule has 0 aromatic heterocycles. The van der Waals surface area contributed by atoms with Crippen molar-refractivity contribution in [3.8, 4) is 5.75 Å². The summed E-state index contributed by atoms with van der Waals surface area (Å²) in [6, 6.07) is 6.32. The molecule has 2 rings (SSSR count). The molecule has 1 heterocycles. The fourth-order valence-electron chi connectivity index (χ4n) is 2.88. The molecule has 0 saturated carbocycles. The Bertz CT molecular complexity index is 638. The van der Waals surface area contributed by atoms with Gasteiger partial charge in [-0.15, -0.1) is 0 Å². The summed E-state index contributed by atoms with van der Waals surface area (Å²) in [5, 5.41) is 6.34. The summed E-state index contributed by atoms with van der Waals surface area (Å²) in [6.45, 7) is 3.33. The van der Waals surface area contributed by atoms with Gasteiger partial charge in [0.1, 0.15) is 5.75 Å². The van der Waals surface area contributed by atoms with Crippen molar-refractivity contribution in [2.45, 2.75) is 37.0 Å². The first kappa shape index (κ1) is 19.7. The summed E-state index contributed by atoms with van der Waals surface area (Å²) in [4.78, 5) is 12.1. The summed E-state index contributed by atoms with van der Waals surface area (Å²) in [5.41, 5.74) is 0. The van der Waals surface area contributed by atoms with Crippen molar-refractivity contribution in [1.29, 1.82) is 0 Å². The molecule has 1 atom stereocenters. The van der Waals surface area contributed by atoms with E-state index in [0.29, 0.717) is 31.1 Å². The predicted molar refractivity (Wildman–Crippen MR) is 97.5 cm³/mol. The highest BCUT2D eigenvalue weighted by molar-refractivity contribution is 7.90. The number of carbonyl (C=O) groups excluding carboxylic acids is 1. The SMILES string of the molecule is CS(=O)(=O)c1ccc(OCCCC(=O)NCCC2CCCNC2)cc1. The summed E-state index contributed by atoms with van der Waals surface area (Å²) >= 11 is 0. The minimum atomic E-state index is -3.19. The van der Waals surface area contributed by atoms with E-state index in [4.69, 9.17) is 4.74 Å². The van der Waals surface area contributed by atoms with Gasteiger partial charge >= 0.3 is 0 Å². The van der Waals surface area contributed by atoms with Crippen LogP contribution in [0.4, 0.5) is 0 Å². The number of carbonyl (C=O) groups is 1. The molecule has 25 heavy (non-hydrogen) atoms. The van der Waals surface area contributed by atoms with E-state index in [1.54, 1.807) is 12.1 Å². The van der Waals surface area contributed by atoms with Gasteiger partial charge in [0.05, 0.1) is 11.5 Å². The second-order valence-electron chi connectivity index (χ2n) is 6.55. The van der Waals surface area contributed by atoms with Gasteiger partial charge in [0.25, 0.3) is 0 Å². The van der Waals surface area contributed by atoms with Gasteiger partial charge in [0.15, 0.2) is 9.84 Å². The molecule has 0 spiro atoms. The van der Waals surface area contributed by atoms with Crippen LogP contribution in [0.1, 0.15) is 32.1 Å². The van der Waals surface area contributed by atoms with Crippen molar-refractivity contribution in [1.82, 2.24) is 10.6 Å². The third-order valence-electron chi connectivity index (χ3n) is 4.34. The molecule has 0 aliphatic carbocycles. The molecule has 0 bridgehead atoms. The normalized spacial score (nSPS) is 17.9. The van der Waals surface area contributed by atoms with Crippen LogP contribution in [0.2, 0.25) is 0 Å². The van der Waals surface area contributed by atoms with E-state index in [-0.39, 0.29) is 10.8 Å². The molecule has 140 valence electrons. The number of nitrogens with one attached hydrogen (secondary N) is 2. The van der Waals surface area contributed by atoms with Crippen molar-refractivity contribution in [2.75, 3.05) is 32.5 Å². The quantitative estimate of drug-likeness (QED) is 0.649. The standard InChI is InChI=1S/C18H28N2O4S/c1-25(22,23)17-8-6-16(7-9-17)24-13-3-5-18(21)20-12-10-15-4-2-11-19-14-15/h6-9,15,19H,2-5,10-14H2,1H3,(H,20,21). The highest BCUT2D eigenvalue weighted by Gasteiger charge is 2.12. The monoisotopic (exact) mass is 368 g/mol. The number of hydrogen-bond acceptors (Lipinski definition) is 5. The van der Waals surface area contributed by atoms with Crippen LogP contribution in [-0.4, -0.2) is 46.8 Å². The summed E-state index contributed by atoms with van der Waals surface area (Å²) in [5.74, 6) is 1.34. The largest absolute Gasteiger partial charge is 0.494 e. The summed E-state index contributed by atoms with van der Waals surface area (Å²) < 4.78 is 28.3. The number of sulfone groups is 1. The molecule has 2 N–H and O–H groups in total. The predicted octanol–water partition coefficient (Wildman–Crippen LogP) is 1.75. The fourth-order valence-corrected chi connectivity index (χ4v) is 3.51. The highest BCUT2D eigenvalue weighted by Crippen LogP contribution is 2.16. The van der Waals surface area contributed by atoms with E-state index in [1.807, 2.05) is 0 Å². The van der Waals surface area contributed by atoms with Crippen molar-refractivity contribution in [2.24, 2.45) is 5.92 Å². The van der Waals surface area contributed by atoms with Crippen molar-refractivity contribution in [3.05, 3.63) is 24.3 Å². The van der Waals surface area contributed by atoms with Gasteiger partial charge in [0, 0.05) is 19.2 Å². The maximum absolute atomic E-state index is 11.8. The molecule has 1 aliphatic rings. The maximum Gasteiger partial charge on any atom is 0.220 e. The van der Waals surface area contributed by atoms with Crippen LogP contribution < -0.4 is 15.4 Å². The Kier molecular flexibility index (Phi) is 7.71. The van der Waals surface area contributed by atoms with E-state index < -0.39 is 9.84 Å². The number of amides is 1. The van der Waals surface area contributed by atoms with Gasteiger partial charge in [-0.3, -0.25) is 4.79 Å². The minimum absolute atomic E-state index is 0.0554. The van der Waals surface area contributed by atoms with Crippen LogP contribution in [0.15, 0.2) is 29.2 Å². The first-order valence-electron chi connectivity index (χ1n) is 8.85. The third-order valence-corrected chi connectivity index (χ3v) is 5.47. The molecule has 1 saturated heterocycles. The Balaban J connectivity index is 1.56. The van der Waals surface area contributed by atoms with Crippen LogP contribution in [0, 0.1) is 5.92 Å². The number of piperidine rings is 1. The lowest BCUT2D eigenvalue weighted by molar-refractivity contribution is -0.121. The third kappa shape index (κ3) is 7.44. The number of benzene rings is 1. The van der Waals surface area contributed by atoms with Crippen LogP contribution in [0.5, 0.6) is 5.75 Å². The smallest absolute Gasteiger partial charge is 0.220 e. The average molecular weight is 368 g/mol. The van der Waals surface area contributed by atoms with Crippen molar-refractivity contribution >= 4 is 15.7 Å². The van der Waals surface area contributed by atoms with Crippen LogP contribution in [-0.2, 0) is 14.6 Å². The molecule has 6 nitrogen and oxygen atoms in total. The Morgan fingerprint density at radius 3 is 2.72 bits per heavy atom. The molecule has 1 unspecified atom stereocenters. The van der Waals surface area contributed by atoms with Crippen LogP contribution in [0.25, 0.3) is 0 Å². The molecule has 1 amide bonds. The molecule has 0 radical (unpaired) electrons. The second kappa shape index (κ2) is 9.77. The zero-order valence-electron chi connectivity index (χ0n) is 14.8. The van der Waals surface area contributed by atoms with Crippen molar-refractivity contribution < 1.29 is 17.9 Å². The fraction of sp³-hybridized carbons (Fsp3) is 0.611. The number of hydrogen-bond donors (Lipinski definition) is 2. The molecule has 1 aliphatic heterocycles. The Morgan fingerprint density at radius 1 is 1.32 bits per heavy atom. The number of rotatable bonds is 9. The Morgan fingerprint density at radius 2 is 2.08 bits per heavy atom. The highest BCUT2D eigenvalue weighted by atomic mass is 32.2. The minimum Gasteiger partial charge on any atom is -0.494 e. The van der Waals surface area contributed by atoms with E-state index >= 15 is 0 Å². The topological polar surface area (TPSA) is 84.5 Å². The van der Waals surface area contributed by atoms with Gasteiger partial charge in [-0.2, -0.15) is 0 Å². The van der Waals surface area contributed by atoms with E-state index in [1.165, 1.54) is 31.2 Å². The van der Waals surface area contributed by atoms with E-state index in [0.717, 1.165) is 26.1 Å². The summed E-state index contributed by atoms with van der Waals surface area (Å²) in [6.07, 6.45) is 5.74. The molecular formula is C18H28N2O4S. The van der Waals surface area contributed by atoms with Gasteiger partial charge in [-0.05, 0) is 69.0 Å². The zero-order valence-corrected chi connectivity index (χ0v) is 15.6. The van der Waals surface area contributed by atoms with Gasteiger partial charge in [-0.1, -0.05) is 0 Å². The lowest BCUT2D eigenvalue weighted by Crippen LogP contribution is -2.33. The first-order valence-corrected chi connectivity index (χ1v) is 10.7. The number of ether oxygens (including phenoxy) is 1. The van der Waals surface area contributed by atoms with Gasteiger partial charge in [-0.25, -0.2) is 8.42 Å². The Labute approximate surface area is 150 Å². The van der Waals surface area contributed by atoms with E-state index in [2.05, 4.69) is 10.6 Å². The van der Waals surface area contributed by atoms with E-state index in [9.17, 15) is 13.2 Å². The lowest BCUT2D eigenvalue weighted by Gasteiger charge is -2.22. The second-order valence-corrected chi connectivity index (χ2v) is 8.56. The zero-order chi connectivity index (χ0) is 18.1. The van der Waals surface area contributed by atoms with Gasteiger partial charge < -0.3 is 15.4 Å². The molecule has 1 aromatic carbocycles.